The second kappa shape index (κ2) is 13.5. The molecule has 1 saturated carbocycles. The fourth-order valence-electron chi connectivity index (χ4n) is 5.92. The van der Waals surface area contributed by atoms with Gasteiger partial charge in [0, 0.05) is 31.0 Å². The molecule has 9 nitrogen and oxygen atoms in total. The minimum absolute atomic E-state index is 0.148. The molecule has 2 fully saturated rings. The van der Waals surface area contributed by atoms with Gasteiger partial charge in [0.25, 0.3) is 0 Å². The van der Waals surface area contributed by atoms with Crippen LogP contribution >= 0.6 is 0 Å². The molecule has 3 amide bonds. The summed E-state index contributed by atoms with van der Waals surface area (Å²) < 4.78 is 39.2. The topological polar surface area (TPSA) is 114 Å². The van der Waals surface area contributed by atoms with Crippen molar-refractivity contribution in [1.82, 2.24) is 10.2 Å². The molecule has 2 atom stereocenters. The number of hydrogen-bond donors (Lipinski definition) is 2. The van der Waals surface area contributed by atoms with E-state index in [1.165, 1.54) is 0 Å². The highest BCUT2D eigenvalue weighted by Crippen LogP contribution is 2.38. The predicted molar refractivity (Wildman–Crippen MR) is 155 cm³/mol. The quantitative estimate of drug-likeness (QED) is 0.412. The number of hydrogen-bond acceptors (Lipinski definition) is 6. The first-order chi connectivity index (χ1) is 20.4. The van der Waals surface area contributed by atoms with E-state index in [1.54, 1.807) is 25.7 Å². The molecule has 43 heavy (non-hydrogen) atoms. The Morgan fingerprint density at radius 2 is 1.63 bits per heavy atom. The molecule has 1 saturated heterocycles. The van der Waals surface area contributed by atoms with Gasteiger partial charge in [0.15, 0.2) is 0 Å². The van der Waals surface area contributed by atoms with E-state index in [-0.39, 0.29) is 23.7 Å². The zero-order chi connectivity index (χ0) is 31.3. The molecule has 0 unspecified atom stereocenters. The van der Waals surface area contributed by atoms with Crippen LogP contribution in [0, 0.1) is 23.5 Å². The van der Waals surface area contributed by atoms with Crippen molar-refractivity contribution in [1.29, 1.82) is 0 Å². The van der Waals surface area contributed by atoms with Crippen molar-refractivity contribution < 1.29 is 37.4 Å². The van der Waals surface area contributed by atoms with Gasteiger partial charge in [0.1, 0.15) is 23.3 Å². The summed E-state index contributed by atoms with van der Waals surface area (Å²) in [4.78, 5) is 52.9. The molecular weight excluding hydrogens is 560 g/mol. The Kier molecular flexibility index (Phi) is 10.0. The number of ether oxygens (including phenoxy) is 2. The monoisotopic (exact) mass is 599 g/mol. The average Bonchev–Trinajstić information content (AvgIpc) is 3.42. The number of benzene rings is 2. The molecule has 0 aromatic heterocycles. The van der Waals surface area contributed by atoms with E-state index in [4.69, 9.17) is 4.74 Å². The molecular formula is C32H39F2N3O6. The largest absolute Gasteiger partial charge is 0.465 e. The van der Waals surface area contributed by atoms with Crippen LogP contribution in [-0.2, 0) is 19.1 Å². The van der Waals surface area contributed by atoms with Gasteiger partial charge in [-0.3, -0.25) is 9.59 Å². The summed E-state index contributed by atoms with van der Waals surface area (Å²) in [6, 6.07) is 9.80. The van der Waals surface area contributed by atoms with Crippen molar-refractivity contribution in [3.8, 4) is 0 Å². The van der Waals surface area contributed by atoms with E-state index in [0.717, 1.165) is 31.6 Å². The van der Waals surface area contributed by atoms with Crippen LogP contribution in [0.2, 0.25) is 0 Å². The number of rotatable bonds is 7. The average molecular weight is 600 g/mol. The zero-order valence-electron chi connectivity index (χ0n) is 25.0. The number of esters is 1. The first-order valence-electron chi connectivity index (χ1n) is 14.6. The molecule has 2 aliphatic rings. The van der Waals surface area contributed by atoms with Crippen LogP contribution in [0.25, 0.3) is 0 Å². The number of likely N-dealkylation sites (tertiary alicyclic amines) is 1. The number of carbonyl (C=O) groups is 4. The minimum Gasteiger partial charge on any atom is -0.465 e. The number of amides is 3. The van der Waals surface area contributed by atoms with Crippen molar-refractivity contribution in [2.45, 2.75) is 70.4 Å². The molecule has 2 N–H and O–H groups in total. The molecule has 0 bridgehead atoms. The molecule has 0 radical (unpaired) electrons. The maximum Gasteiger partial charge on any atom is 0.407 e. The summed E-state index contributed by atoms with van der Waals surface area (Å²) >= 11 is 0. The lowest BCUT2D eigenvalue weighted by atomic mass is 9.81. The van der Waals surface area contributed by atoms with Gasteiger partial charge in [-0.25, -0.2) is 18.4 Å². The van der Waals surface area contributed by atoms with Gasteiger partial charge in [-0.15, -0.1) is 0 Å². The fraction of sp³-hybridized carbons (Fsp3) is 0.500. The smallest absolute Gasteiger partial charge is 0.407 e. The SMILES string of the molecule is COC(=O)c1cc(F)c(NC(=O)[C@@H]2[C@@H](c3ccccc3)CCN2C(=O)C2CCC(CNC(=O)OC(C)(C)C)CC2)cc1F. The van der Waals surface area contributed by atoms with E-state index < -0.39 is 52.5 Å². The van der Waals surface area contributed by atoms with Crippen LogP contribution in [0.15, 0.2) is 42.5 Å². The Labute approximate surface area is 250 Å². The van der Waals surface area contributed by atoms with Crippen molar-refractivity contribution in [3.05, 3.63) is 65.2 Å². The van der Waals surface area contributed by atoms with Crippen molar-refractivity contribution in [2.75, 3.05) is 25.5 Å². The number of nitrogens with zero attached hydrogens (tertiary/aromatic N) is 1. The minimum atomic E-state index is -1.04. The zero-order valence-corrected chi connectivity index (χ0v) is 25.0. The Balaban J connectivity index is 1.46. The Hall–Kier alpha value is -4.02. The van der Waals surface area contributed by atoms with Gasteiger partial charge >= 0.3 is 12.1 Å². The first kappa shape index (κ1) is 31.9. The molecule has 2 aromatic carbocycles. The van der Waals surface area contributed by atoms with Crippen LogP contribution < -0.4 is 10.6 Å². The highest BCUT2D eigenvalue weighted by atomic mass is 19.1. The Morgan fingerprint density at radius 1 is 0.953 bits per heavy atom. The maximum atomic E-state index is 14.9. The highest BCUT2D eigenvalue weighted by molar-refractivity contribution is 5.99. The third-order valence-corrected chi connectivity index (χ3v) is 8.03. The van der Waals surface area contributed by atoms with E-state index in [9.17, 15) is 28.0 Å². The third-order valence-electron chi connectivity index (χ3n) is 8.03. The lowest BCUT2D eigenvalue weighted by Gasteiger charge is -2.34. The van der Waals surface area contributed by atoms with E-state index in [0.29, 0.717) is 38.4 Å². The van der Waals surface area contributed by atoms with Gasteiger partial charge in [-0.2, -0.15) is 0 Å². The van der Waals surface area contributed by atoms with Crippen molar-refractivity contribution in [2.24, 2.45) is 11.8 Å². The molecule has 232 valence electrons. The fourth-order valence-corrected chi connectivity index (χ4v) is 5.92. The summed E-state index contributed by atoms with van der Waals surface area (Å²) in [5.74, 6) is -4.30. The van der Waals surface area contributed by atoms with Gasteiger partial charge in [0.05, 0.1) is 18.4 Å². The Bertz CT molecular complexity index is 1340. The second-order valence-electron chi connectivity index (χ2n) is 12.2. The number of carbonyl (C=O) groups excluding carboxylic acids is 4. The number of methoxy groups -OCH3 is 1. The number of anilines is 1. The normalized spacial score (nSPS) is 22.0. The van der Waals surface area contributed by atoms with Gasteiger partial charge < -0.3 is 25.0 Å². The number of nitrogens with one attached hydrogen (secondary N) is 2. The Morgan fingerprint density at radius 3 is 2.26 bits per heavy atom. The lowest BCUT2D eigenvalue weighted by Crippen LogP contribution is -2.48. The third kappa shape index (κ3) is 7.88. The van der Waals surface area contributed by atoms with Crippen LogP contribution in [0.5, 0.6) is 0 Å². The molecule has 2 aromatic rings. The summed E-state index contributed by atoms with van der Waals surface area (Å²) in [5.41, 5.74) is -0.743. The summed E-state index contributed by atoms with van der Waals surface area (Å²) in [6.07, 6.45) is 2.73. The van der Waals surface area contributed by atoms with Crippen molar-refractivity contribution in [3.63, 3.8) is 0 Å². The van der Waals surface area contributed by atoms with Crippen LogP contribution in [-0.4, -0.2) is 60.6 Å². The van der Waals surface area contributed by atoms with E-state index in [2.05, 4.69) is 15.4 Å². The molecule has 1 aliphatic heterocycles. The predicted octanol–water partition coefficient (Wildman–Crippen LogP) is 5.41. The number of halogens is 2. The van der Waals surface area contributed by atoms with Gasteiger partial charge in [-0.1, -0.05) is 30.3 Å². The van der Waals surface area contributed by atoms with Crippen LogP contribution in [0.3, 0.4) is 0 Å². The van der Waals surface area contributed by atoms with Gasteiger partial charge in [-0.05, 0) is 70.4 Å². The first-order valence-corrected chi connectivity index (χ1v) is 14.6. The summed E-state index contributed by atoms with van der Waals surface area (Å²) in [7, 11) is 1.05. The maximum absolute atomic E-state index is 14.9. The van der Waals surface area contributed by atoms with E-state index in [1.807, 2.05) is 30.3 Å². The molecule has 4 rings (SSSR count). The van der Waals surface area contributed by atoms with Gasteiger partial charge in [0.2, 0.25) is 11.8 Å². The van der Waals surface area contributed by atoms with E-state index >= 15 is 0 Å². The van der Waals surface area contributed by atoms with Crippen LogP contribution in [0.4, 0.5) is 19.3 Å². The highest BCUT2D eigenvalue weighted by Gasteiger charge is 2.44. The summed E-state index contributed by atoms with van der Waals surface area (Å²) in [6.45, 7) is 6.19. The lowest BCUT2D eigenvalue weighted by molar-refractivity contribution is -0.141. The number of alkyl carbamates (subject to hydrolysis) is 1. The molecule has 1 heterocycles. The molecule has 1 aliphatic carbocycles. The second-order valence-corrected chi connectivity index (χ2v) is 12.2. The molecule has 0 spiro atoms. The summed E-state index contributed by atoms with van der Waals surface area (Å²) in [5, 5.41) is 5.27. The molecule has 11 heteroatoms. The van der Waals surface area contributed by atoms with Crippen LogP contribution in [0.1, 0.15) is 74.7 Å². The standard InChI is InChI=1S/C32H39F2N3O6/c1-32(2,3)43-31(41)35-18-19-10-12-21(13-11-19)29(39)37-15-14-22(20-8-6-5-7-9-20)27(37)28(38)36-26-17-24(33)23(16-25(26)34)30(40)42-4/h5-9,16-17,19,21-22,27H,10-15,18H2,1-4H3,(H,35,41)(H,36,38)/t19?,21?,22-,27+/m1/s1. The van der Waals surface area contributed by atoms with Crippen molar-refractivity contribution >= 4 is 29.6 Å².